The molecule has 0 aromatic heterocycles. The van der Waals surface area contributed by atoms with Gasteiger partial charge in [0.15, 0.2) is 0 Å². The summed E-state index contributed by atoms with van der Waals surface area (Å²) in [6.07, 6.45) is 12.9. The molecule has 120 valence electrons. The quantitative estimate of drug-likeness (QED) is 0.780. The molecule has 0 N–H and O–H groups in total. The number of likely N-dealkylation sites (tertiary alicyclic amines) is 2. The van der Waals surface area contributed by atoms with Gasteiger partial charge in [-0.2, -0.15) is 0 Å². The molecule has 3 aliphatic rings. The van der Waals surface area contributed by atoms with Gasteiger partial charge in [-0.3, -0.25) is 4.79 Å². The van der Waals surface area contributed by atoms with Crippen LogP contribution in [0.15, 0.2) is 35.5 Å². The Labute approximate surface area is 133 Å². The van der Waals surface area contributed by atoms with Crippen molar-refractivity contribution in [3.63, 3.8) is 0 Å². The van der Waals surface area contributed by atoms with E-state index >= 15 is 0 Å². The van der Waals surface area contributed by atoms with Crippen molar-refractivity contribution < 1.29 is 9.53 Å². The number of methoxy groups -OCH3 is 1. The zero-order chi connectivity index (χ0) is 15.4. The Balaban J connectivity index is 1.44. The third-order valence-corrected chi connectivity index (χ3v) is 4.89. The average Bonchev–Trinajstić information content (AvgIpc) is 2.72. The molecule has 0 radical (unpaired) electrons. The number of amides is 1. The first-order valence-electron chi connectivity index (χ1n) is 8.38. The second-order valence-electron chi connectivity index (χ2n) is 6.33. The lowest BCUT2D eigenvalue weighted by Crippen LogP contribution is -2.38. The predicted molar refractivity (Wildman–Crippen MR) is 87.6 cm³/mol. The lowest BCUT2D eigenvalue weighted by molar-refractivity contribution is -0.124. The maximum absolute atomic E-state index is 12.4. The molecule has 0 aromatic rings. The van der Waals surface area contributed by atoms with Crippen LogP contribution in [-0.4, -0.2) is 61.6 Å². The highest BCUT2D eigenvalue weighted by Crippen LogP contribution is 2.26. The zero-order valence-corrected chi connectivity index (χ0v) is 13.5. The summed E-state index contributed by atoms with van der Waals surface area (Å²) in [5.41, 5.74) is 2.10. The van der Waals surface area contributed by atoms with Crippen LogP contribution in [0.1, 0.15) is 25.7 Å². The van der Waals surface area contributed by atoms with Gasteiger partial charge in [-0.25, -0.2) is 0 Å². The van der Waals surface area contributed by atoms with Crippen molar-refractivity contribution in [1.29, 1.82) is 0 Å². The molecule has 2 saturated heterocycles. The summed E-state index contributed by atoms with van der Waals surface area (Å²) in [4.78, 5) is 16.9. The highest BCUT2D eigenvalue weighted by molar-refractivity contribution is 6.01. The molecular formula is C18H26N2O2. The molecular weight excluding hydrogens is 276 g/mol. The fourth-order valence-electron chi connectivity index (χ4n) is 3.51. The average molecular weight is 302 g/mol. The summed E-state index contributed by atoms with van der Waals surface area (Å²) in [7, 11) is 1.81. The van der Waals surface area contributed by atoms with Crippen LogP contribution in [0, 0.1) is 0 Å². The van der Waals surface area contributed by atoms with Crippen molar-refractivity contribution in [2.45, 2.75) is 31.8 Å². The molecule has 0 atom stereocenters. The molecule has 1 amide bonds. The highest BCUT2D eigenvalue weighted by atomic mass is 16.5. The van der Waals surface area contributed by atoms with Crippen molar-refractivity contribution in [1.82, 2.24) is 9.80 Å². The second kappa shape index (κ2) is 7.25. The monoisotopic (exact) mass is 302 g/mol. The van der Waals surface area contributed by atoms with Crippen LogP contribution in [-0.2, 0) is 9.53 Å². The minimum atomic E-state index is 0.205. The summed E-state index contributed by atoms with van der Waals surface area (Å²) in [6.45, 7) is 4.97. The Hall–Kier alpha value is -1.39. The summed E-state index contributed by atoms with van der Waals surface area (Å²) in [5, 5.41) is 0. The molecule has 4 heteroatoms. The van der Waals surface area contributed by atoms with Crippen LogP contribution < -0.4 is 0 Å². The maximum Gasteiger partial charge on any atom is 0.254 e. The Kier molecular flexibility index (Phi) is 5.11. The molecule has 0 bridgehead atoms. The normalized spacial score (nSPS) is 23.3. The van der Waals surface area contributed by atoms with E-state index in [0.29, 0.717) is 6.10 Å². The molecule has 3 rings (SSSR count). The standard InChI is InChI=1S/C18H26N2O2/c1-22-16-8-12-19(13-9-16)10-5-11-20-14-15-6-3-2-4-7-17(15)18(20)21/h2,4,6-7,16H,3,5,8-14H2,1H3. The summed E-state index contributed by atoms with van der Waals surface area (Å²) >= 11 is 0. The van der Waals surface area contributed by atoms with E-state index in [1.165, 1.54) is 5.57 Å². The number of rotatable bonds is 5. The maximum atomic E-state index is 12.4. The summed E-state index contributed by atoms with van der Waals surface area (Å²) in [5.74, 6) is 0.205. The molecule has 2 heterocycles. The van der Waals surface area contributed by atoms with E-state index in [4.69, 9.17) is 4.74 Å². The number of piperidine rings is 1. The number of hydrogen-bond acceptors (Lipinski definition) is 3. The number of nitrogens with zero attached hydrogens (tertiary/aromatic N) is 2. The van der Waals surface area contributed by atoms with Crippen LogP contribution >= 0.6 is 0 Å². The van der Waals surface area contributed by atoms with E-state index in [0.717, 1.165) is 64.0 Å². The number of fused-ring (bicyclic) bond motifs is 1. The fourth-order valence-corrected chi connectivity index (χ4v) is 3.51. The molecule has 2 aliphatic heterocycles. The molecule has 0 spiro atoms. The van der Waals surface area contributed by atoms with Gasteiger partial charge >= 0.3 is 0 Å². The third-order valence-electron chi connectivity index (χ3n) is 4.89. The van der Waals surface area contributed by atoms with Crippen LogP contribution in [0.2, 0.25) is 0 Å². The molecule has 0 aromatic carbocycles. The minimum Gasteiger partial charge on any atom is -0.381 e. The fraction of sp³-hybridized carbons (Fsp3) is 0.611. The van der Waals surface area contributed by atoms with Gasteiger partial charge in [0.1, 0.15) is 0 Å². The number of carbonyl (C=O) groups excluding carboxylic acids is 1. The number of hydrogen-bond donors (Lipinski definition) is 0. The Bertz CT molecular complexity index is 499. The number of ether oxygens (including phenoxy) is 1. The van der Waals surface area contributed by atoms with Gasteiger partial charge in [0, 0.05) is 38.9 Å². The molecule has 1 aliphatic carbocycles. The van der Waals surface area contributed by atoms with Gasteiger partial charge in [0.05, 0.1) is 6.10 Å². The topological polar surface area (TPSA) is 32.8 Å². The van der Waals surface area contributed by atoms with Gasteiger partial charge in [0.2, 0.25) is 0 Å². The predicted octanol–water partition coefficient (Wildman–Crippen LogP) is 2.14. The highest BCUT2D eigenvalue weighted by Gasteiger charge is 2.29. The lowest BCUT2D eigenvalue weighted by atomic mass is 10.1. The Morgan fingerprint density at radius 3 is 2.86 bits per heavy atom. The van der Waals surface area contributed by atoms with Crippen molar-refractivity contribution in [2.24, 2.45) is 0 Å². The van der Waals surface area contributed by atoms with E-state index < -0.39 is 0 Å². The Morgan fingerprint density at radius 2 is 2.09 bits per heavy atom. The summed E-state index contributed by atoms with van der Waals surface area (Å²) < 4.78 is 5.41. The van der Waals surface area contributed by atoms with Gasteiger partial charge < -0.3 is 14.5 Å². The lowest BCUT2D eigenvalue weighted by Gasteiger charge is -2.31. The van der Waals surface area contributed by atoms with Crippen molar-refractivity contribution in [2.75, 3.05) is 39.8 Å². The van der Waals surface area contributed by atoms with Gasteiger partial charge in [-0.05, 0) is 43.9 Å². The SMILES string of the molecule is COC1CCN(CCCN2CC3=CCC=CC=C3C2=O)CC1. The van der Waals surface area contributed by atoms with E-state index in [2.05, 4.69) is 17.1 Å². The minimum absolute atomic E-state index is 0.205. The smallest absolute Gasteiger partial charge is 0.254 e. The van der Waals surface area contributed by atoms with E-state index in [-0.39, 0.29) is 5.91 Å². The molecule has 0 saturated carbocycles. The largest absolute Gasteiger partial charge is 0.381 e. The second-order valence-corrected chi connectivity index (χ2v) is 6.33. The van der Waals surface area contributed by atoms with Crippen molar-refractivity contribution >= 4 is 5.91 Å². The van der Waals surface area contributed by atoms with Gasteiger partial charge in [-0.1, -0.05) is 18.2 Å². The molecule has 22 heavy (non-hydrogen) atoms. The molecule has 2 fully saturated rings. The van der Waals surface area contributed by atoms with E-state index in [1.54, 1.807) is 7.11 Å². The van der Waals surface area contributed by atoms with Crippen LogP contribution in [0.25, 0.3) is 0 Å². The Morgan fingerprint density at radius 1 is 1.27 bits per heavy atom. The van der Waals surface area contributed by atoms with Gasteiger partial charge in [-0.15, -0.1) is 0 Å². The van der Waals surface area contributed by atoms with E-state index in [9.17, 15) is 4.79 Å². The number of carbonyl (C=O) groups is 1. The zero-order valence-electron chi connectivity index (χ0n) is 13.5. The van der Waals surface area contributed by atoms with Crippen LogP contribution in [0.4, 0.5) is 0 Å². The number of allylic oxidation sites excluding steroid dienone is 4. The molecule has 4 nitrogen and oxygen atoms in total. The van der Waals surface area contributed by atoms with Crippen LogP contribution in [0.5, 0.6) is 0 Å². The van der Waals surface area contributed by atoms with Crippen molar-refractivity contribution in [3.8, 4) is 0 Å². The first-order chi connectivity index (χ1) is 10.8. The van der Waals surface area contributed by atoms with Crippen molar-refractivity contribution in [3.05, 3.63) is 35.5 Å². The molecule has 0 unspecified atom stereocenters. The third kappa shape index (κ3) is 3.50. The summed E-state index contributed by atoms with van der Waals surface area (Å²) in [6, 6.07) is 0. The van der Waals surface area contributed by atoms with E-state index in [1.807, 2.05) is 17.1 Å². The van der Waals surface area contributed by atoms with Crippen LogP contribution in [0.3, 0.4) is 0 Å². The first kappa shape index (κ1) is 15.5. The van der Waals surface area contributed by atoms with Gasteiger partial charge in [0.25, 0.3) is 5.91 Å². The first-order valence-corrected chi connectivity index (χ1v) is 8.38.